The second kappa shape index (κ2) is 5.85. The molecule has 0 aromatic heterocycles. The molecule has 96 valence electrons. The first-order valence-electron chi connectivity index (χ1n) is 5.65. The molecule has 0 heterocycles. The van der Waals surface area contributed by atoms with Crippen LogP contribution in [0.15, 0.2) is 24.3 Å². The summed E-state index contributed by atoms with van der Waals surface area (Å²) in [6.45, 7) is 3.48. The maximum Gasteiger partial charge on any atom is 0.154 e. The van der Waals surface area contributed by atoms with Crippen LogP contribution < -0.4 is 5.73 Å². The van der Waals surface area contributed by atoms with Gasteiger partial charge in [0.15, 0.2) is 9.84 Å². The molecule has 0 saturated carbocycles. The van der Waals surface area contributed by atoms with Gasteiger partial charge in [-0.15, -0.1) is 0 Å². The van der Waals surface area contributed by atoms with E-state index in [4.69, 9.17) is 17.3 Å². The molecule has 0 amide bonds. The van der Waals surface area contributed by atoms with Crippen molar-refractivity contribution in [3.8, 4) is 0 Å². The first-order chi connectivity index (χ1) is 7.92. The minimum atomic E-state index is -3.14. The summed E-state index contributed by atoms with van der Waals surface area (Å²) in [7, 11) is -3.14. The Morgan fingerprint density at radius 2 is 2.00 bits per heavy atom. The highest BCUT2D eigenvalue weighted by Crippen LogP contribution is 2.25. The molecule has 0 bridgehead atoms. The molecule has 1 aromatic carbocycles. The van der Waals surface area contributed by atoms with Crippen molar-refractivity contribution in [2.24, 2.45) is 5.73 Å². The van der Waals surface area contributed by atoms with Gasteiger partial charge in [-0.25, -0.2) is 8.42 Å². The van der Waals surface area contributed by atoms with Crippen LogP contribution in [0.4, 0.5) is 0 Å². The molecule has 17 heavy (non-hydrogen) atoms. The van der Waals surface area contributed by atoms with Gasteiger partial charge in [-0.1, -0.05) is 37.6 Å². The van der Waals surface area contributed by atoms with Gasteiger partial charge < -0.3 is 5.73 Å². The molecule has 1 aromatic rings. The monoisotopic (exact) mass is 275 g/mol. The summed E-state index contributed by atoms with van der Waals surface area (Å²) in [4.78, 5) is 0. The maximum absolute atomic E-state index is 11.9. The summed E-state index contributed by atoms with van der Waals surface area (Å²) in [5.41, 5.74) is 6.81. The predicted octanol–water partition coefficient (Wildman–Crippen LogP) is 2.55. The number of sulfone groups is 1. The van der Waals surface area contributed by atoms with Crippen molar-refractivity contribution in [1.82, 2.24) is 0 Å². The number of benzene rings is 1. The van der Waals surface area contributed by atoms with E-state index in [0.29, 0.717) is 11.4 Å². The SMILES string of the molecule is CCC(C(N)c1cccc(Cl)c1)S(=O)(=O)CC. The number of hydrogen-bond donors (Lipinski definition) is 1. The summed E-state index contributed by atoms with van der Waals surface area (Å²) in [6.07, 6.45) is 0.504. The van der Waals surface area contributed by atoms with E-state index in [1.54, 1.807) is 25.1 Å². The van der Waals surface area contributed by atoms with E-state index in [0.717, 1.165) is 5.56 Å². The van der Waals surface area contributed by atoms with Gasteiger partial charge in [-0.05, 0) is 24.1 Å². The molecule has 2 atom stereocenters. The van der Waals surface area contributed by atoms with Crippen LogP contribution in [0.2, 0.25) is 5.02 Å². The van der Waals surface area contributed by atoms with Crippen LogP contribution >= 0.6 is 11.6 Å². The quantitative estimate of drug-likeness (QED) is 0.898. The normalized spacial score (nSPS) is 15.5. The Bertz CT molecular complexity index is 473. The molecule has 0 fully saturated rings. The van der Waals surface area contributed by atoms with Gasteiger partial charge in [-0.3, -0.25) is 0 Å². The highest BCUT2D eigenvalue weighted by molar-refractivity contribution is 7.92. The zero-order valence-electron chi connectivity index (χ0n) is 10.1. The van der Waals surface area contributed by atoms with Gasteiger partial charge in [0.2, 0.25) is 0 Å². The Hall–Kier alpha value is -0.580. The molecule has 0 aliphatic carbocycles. The van der Waals surface area contributed by atoms with E-state index in [9.17, 15) is 8.42 Å². The smallest absolute Gasteiger partial charge is 0.154 e. The van der Waals surface area contributed by atoms with Crippen LogP contribution in [0.3, 0.4) is 0 Å². The van der Waals surface area contributed by atoms with Crippen LogP contribution in [0.1, 0.15) is 31.9 Å². The van der Waals surface area contributed by atoms with Crippen molar-refractivity contribution in [3.63, 3.8) is 0 Å². The van der Waals surface area contributed by atoms with Gasteiger partial charge in [-0.2, -0.15) is 0 Å². The van der Waals surface area contributed by atoms with E-state index >= 15 is 0 Å². The van der Waals surface area contributed by atoms with E-state index < -0.39 is 21.1 Å². The topological polar surface area (TPSA) is 60.2 Å². The van der Waals surface area contributed by atoms with Gasteiger partial charge in [0.1, 0.15) is 0 Å². The molecule has 5 heteroatoms. The van der Waals surface area contributed by atoms with Gasteiger partial charge >= 0.3 is 0 Å². The fraction of sp³-hybridized carbons (Fsp3) is 0.500. The average Bonchev–Trinajstić information content (AvgIpc) is 2.29. The number of hydrogen-bond acceptors (Lipinski definition) is 3. The van der Waals surface area contributed by atoms with Crippen molar-refractivity contribution < 1.29 is 8.42 Å². The van der Waals surface area contributed by atoms with E-state index in [2.05, 4.69) is 0 Å². The molecule has 0 aliphatic rings. The van der Waals surface area contributed by atoms with Crippen molar-refractivity contribution in [1.29, 1.82) is 0 Å². The summed E-state index contributed by atoms with van der Waals surface area (Å²) in [6, 6.07) is 6.53. The summed E-state index contributed by atoms with van der Waals surface area (Å²) in [5.74, 6) is 0.111. The van der Waals surface area contributed by atoms with Crippen LogP contribution in [-0.2, 0) is 9.84 Å². The molecule has 3 nitrogen and oxygen atoms in total. The van der Waals surface area contributed by atoms with Crippen LogP contribution in [0.5, 0.6) is 0 Å². The zero-order chi connectivity index (χ0) is 13.1. The standard InChI is InChI=1S/C12H18ClNO2S/c1-3-11(17(15,16)4-2)12(14)9-6-5-7-10(13)8-9/h5-8,11-12H,3-4,14H2,1-2H3. The number of halogens is 1. The van der Waals surface area contributed by atoms with E-state index in [1.807, 2.05) is 13.0 Å². The first-order valence-corrected chi connectivity index (χ1v) is 7.74. The van der Waals surface area contributed by atoms with Crippen LogP contribution in [0, 0.1) is 0 Å². The fourth-order valence-electron chi connectivity index (χ4n) is 1.87. The number of nitrogens with two attached hydrogens (primary N) is 1. The highest BCUT2D eigenvalue weighted by atomic mass is 35.5. The lowest BCUT2D eigenvalue weighted by Crippen LogP contribution is -2.34. The molecule has 1 rings (SSSR count). The Morgan fingerprint density at radius 3 is 2.47 bits per heavy atom. The van der Waals surface area contributed by atoms with Crippen molar-refractivity contribution in [2.75, 3.05) is 5.75 Å². The lowest BCUT2D eigenvalue weighted by Gasteiger charge is -2.22. The fourth-order valence-corrected chi connectivity index (χ4v) is 3.61. The Morgan fingerprint density at radius 1 is 1.35 bits per heavy atom. The van der Waals surface area contributed by atoms with Crippen LogP contribution in [0.25, 0.3) is 0 Å². The third kappa shape index (κ3) is 3.44. The second-order valence-corrected chi connectivity index (χ2v) is 6.92. The van der Waals surface area contributed by atoms with Gasteiger partial charge in [0.25, 0.3) is 0 Å². The van der Waals surface area contributed by atoms with Gasteiger partial charge in [0, 0.05) is 16.8 Å². The van der Waals surface area contributed by atoms with Crippen molar-refractivity contribution in [2.45, 2.75) is 31.6 Å². The molecule has 0 aliphatic heterocycles. The van der Waals surface area contributed by atoms with Crippen LogP contribution in [-0.4, -0.2) is 19.4 Å². The predicted molar refractivity (Wildman–Crippen MR) is 71.9 cm³/mol. The van der Waals surface area contributed by atoms with Crippen molar-refractivity contribution in [3.05, 3.63) is 34.9 Å². The average molecular weight is 276 g/mol. The molecule has 2 unspecified atom stereocenters. The Balaban J connectivity index is 3.06. The molecular formula is C12H18ClNO2S. The molecule has 0 saturated heterocycles. The molecule has 0 radical (unpaired) electrons. The minimum Gasteiger partial charge on any atom is -0.323 e. The Labute approximate surface area is 108 Å². The third-order valence-electron chi connectivity index (χ3n) is 2.90. The zero-order valence-corrected chi connectivity index (χ0v) is 11.6. The second-order valence-electron chi connectivity index (χ2n) is 3.98. The maximum atomic E-state index is 11.9. The van der Waals surface area contributed by atoms with E-state index in [-0.39, 0.29) is 5.75 Å². The number of rotatable bonds is 5. The third-order valence-corrected chi connectivity index (χ3v) is 5.49. The highest BCUT2D eigenvalue weighted by Gasteiger charge is 2.29. The van der Waals surface area contributed by atoms with Crippen molar-refractivity contribution >= 4 is 21.4 Å². The lowest BCUT2D eigenvalue weighted by atomic mass is 10.0. The summed E-state index contributed by atoms with van der Waals surface area (Å²) in [5, 5.41) is 0.0210. The summed E-state index contributed by atoms with van der Waals surface area (Å²) < 4.78 is 23.8. The Kier molecular flexibility index (Phi) is 4.98. The van der Waals surface area contributed by atoms with E-state index in [1.165, 1.54) is 0 Å². The minimum absolute atomic E-state index is 0.111. The molecule has 2 N–H and O–H groups in total. The molecular weight excluding hydrogens is 258 g/mol. The van der Waals surface area contributed by atoms with Gasteiger partial charge in [0.05, 0.1) is 5.25 Å². The lowest BCUT2D eigenvalue weighted by molar-refractivity contribution is 0.549. The summed E-state index contributed by atoms with van der Waals surface area (Å²) >= 11 is 5.88. The molecule has 0 spiro atoms. The first kappa shape index (κ1) is 14.5. The largest absolute Gasteiger partial charge is 0.323 e.